The third kappa shape index (κ3) is 3.52. The first-order valence-corrected chi connectivity index (χ1v) is 7.28. The fourth-order valence-electron chi connectivity index (χ4n) is 2.16. The number of nitrogens with one attached hydrogen (secondary N) is 2. The number of thioether (sulfide) groups is 1. The maximum Gasteiger partial charge on any atom is 0.238 e. The van der Waals surface area contributed by atoms with Gasteiger partial charge < -0.3 is 5.32 Å². The van der Waals surface area contributed by atoms with E-state index in [9.17, 15) is 4.79 Å². The summed E-state index contributed by atoms with van der Waals surface area (Å²) in [6.07, 6.45) is 8.49. The zero-order chi connectivity index (χ0) is 11.2. The zero-order valence-electron chi connectivity index (χ0n) is 9.63. The number of allylic oxidation sites excluding steroid dienone is 1. The minimum absolute atomic E-state index is 0.0327. The summed E-state index contributed by atoms with van der Waals surface area (Å²) in [6, 6.07) is 0.0327. The van der Waals surface area contributed by atoms with Gasteiger partial charge in [0.2, 0.25) is 5.91 Å². The van der Waals surface area contributed by atoms with Gasteiger partial charge in [0.25, 0.3) is 0 Å². The standard InChI is InChI=1S/C12H20N2OS/c15-12(11-8-16-9-14-11)13-7-6-10-4-2-1-3-5-10/h4,11,14H,1-3,5-9H2,(H,13,15). The van der Waals surface area contributed by atoms with Gasteiger partial charge in [-0.15, -0.1) is 11.8 Å². The van der Waals surface area contributed by atoms with Gasteiger partial charge in [-0.05, 0) is 32.1 Å². The lowest BCUT2D eigenvalue weighted by molar-refractivity contribution is -0.122. The first-order chi connectivity index (χ1) is 7.86. The summed E-state index contributed by atoms with van der Waals surface area (Å²) in [5, 5.41) is 6.20. The lowest BCUT2D eigenvalue weighted by Gasteiger charge is -2.14. The van der Waals surface area contributed by atoms with Crippen LogP contribution in [0.4, 0.5) is 0 Å². The molecule has 0 radical (unpaired) electrons. The summed E-state index contributed by atoms with van der Waals surface area (Å²) in [6.45, 7) is 0.799. The van der Waals surface area contributed by atoms with Crippen LogP contribution in [0.2, 0.25) is 0 Å². The van der Waals surface area contributed by atoms with Crippen molar-refractivity contribution in [3.63, 3.8) is 0 Å². The third-order valence-corrected chi connectivity index (χ3v) is 4.10. The first kappa shape index (κ1) is 12.0. The third-order valence-electron chi connectivity index (χ3n) is 3.16. The van der Waals surface area contributed by atoms with E-state index in [4.69, 9.17) is 0 Å². The highest BCUT2D eigenvalue weighted by molar-refractivity contribution is 7.99. The van der Waals surface area contributed by atoms with Crippen molar-refractivity contribution in [2.45, 2.75) is 38.1 Å². The molecule has 3 nitrogen and oxygen atoms in total. The Morgan fingerprint density at radius 1 is 1.56 bits per heavy atom. The summed E-state index contributed by atoms with van der Waals surface area (Å²) in [7, 11) is 0. The van der Waals surface area contributed by atoms with Crippen molar-refractivity contribution in [2.24, 2.45) is 0 Å². The van der Waals surface area contributed by atoms with Gasteiger partial charge in [0.15, 0.2) is 0 Å². The number of carbonyl (C=O) groups is 1. The Balaban J connectivity index is 1.63. The molecular formula is C12H20N2OS. The van der Waals surface area contributed by atoms with Gasteiger partial charge in [0.1, 0.15) is 0 Å². The minimum Gasteiger partial charge on any atom is -0.354 e. The van der Waals surface area contributed by atoms with Crippen LogP contribution in [0.25, 0.3) is 0 Å². The van der Waals surface area contributed by atoms with Gasteiger partial charge in [-0.3, -0.25) is 10.1 Å². The number of hydrogen-bond donors (Lipinski definition) is 2. The first-order valence-electron chi connectivity index (χ1n) is 6.13. The average Bonchev–Trinajstić information content (AvgIpc) is 2.84. The molecular weight excluding hydrogens is 220 g/mol. The second-order valence-electron chi connectivity index (χ2n) is 4.42. The predicted octanol–water partition coefficient (Wildman–Crippen LogP) is 1.66. The van der Waals surface area contributed by atoms with Gasteiger partial charge in [-0.1, -0.05) is 11.6 Å². The number of amides is 1. The predicted molar refractivity (Wildman–Crippen MR) is 68.4 cm³/mol. The van der Waals surface area contributed by atoms with E-state index in [1.165, 1.54) is 31.3 Å². The Hall–Kier alpha value is -0.480. The molecule has 1 amide bonds. The van der Waals surface area contributed by atoms with Crippen molar-refractivity contribution < 1.29 is 4.79 Å². The smallest absolute Gasteiger partial charge is 0.238 e. The molecule has 1 aliphatic heterocycles. The van der Waals surface area contributed by atoms with Gasteiger partial charge in [0.05, 0.1) is 6.04 Å². The van der Waals surface area contributed by atoms with Crippen LogP contribution in [-0.2, 0) is 4.79 Å². The fourth-order valence-corrected chi connectivity index (χ4v) is 3.11. The van der Waals surface area contributed by atoms with E-state index in [1.807, 2.05) is 0 Å². The Bertz CT molecular complexity index is 272. The highest BCUT2D eigenvalue weighted by atomic mass is 32.2. The zero-order valence-corrected chi connectivity index (χ0v) is 10.4. The second kappa shape index (κ2) is 6.30. The lowest BCUT2D eigenvalue weighted by Crippen LogP contribution is -2.42. The van der Waals surface area contributed by atoms with Crippen LogP contribution in [-0.4, -0.2) is 30.1 Å². The van der Waals surface area contributed by atoms with E-state index < -0.39 is 0 Å². The molecule has 0 spiro atoms. The van der Waals surface area contributed by atoms with Crippen LogP contribution in [0.5, 0.6) is 0 Å². The molecule has 0 bridgehead atoms. The fraction of sp³-hybridized carbons (Fsp3) is 0.750. The second-order valence-corrected chi connectivity index (χ2v) is 5.45. The molecule has 1 aliphatic carbocycles. The van der Waals surface area contributed by atoms with E-state index >= 15 is 0 Å². The summed E-state index contributed by atoms with van der Waals surface area (Å²) >= 11 is 1.79. The molecule has 2 aliphatic rings. The van der Waals surface area contributed by atoms with Crippen LogP contribution in [0.1, 0.15) is 32.1 Å². The average molecular weight is 240 g/mol. The Labute approximate surface area is 101 Å². The molecule has 0 aromatic carbocycles. The maximum atomic E-state index is 11.7. The molecule has 2 N–H and O–H groups in total. The normalized spacial score (nSPS) is 25.2. The minimum atomic E-state index is 0.0327. The summed E-state index contributed by atoms with van der Waals surface area (Å²) < 4.78 is 0. The lowest BCUT2D eigenvalue weighted by atomic mass is 9.97. The number of carbonyl (C=O) groups excluding carboxylic acids is 1. The van der Waals surface area contributed by atoms with Crippen molar-refractivity contribution in [1.29, 1.82) is 0 Å². The van der Waals surface area contributed by atoms with Gasteiger partial charge in [-0.25, -0.2) is 0 Å². The molecule has 90 valence electrons. The number of hydrogen-bond acceptors (Lipinski definition) is 3. The van der Waals surface area contributed by atoms with E-state index in [2.05, 4.69) is 16.7 Å². The molecule has 0 aromatic heterocycles. The molecule has 16 heavy (non-hydrogen) atoms. The van der Waals surface area contributed by atoms with E-state index in [-0.39, 0.29) is 11.9 Å². The molecule has 0 saturated carbocycles. The van der Waals surface area contributed by atoms with Gasteiger partial charge in [0, 0.05) is 18.2 Å². The molecule has 1 atom stereocenters. The SMILES string of the molecule is O=C(NCCC1=CCCCC1)C1CSCN1. The molecule has 1 unspecified atom stereocenters. The highest BCUT2D eigenvalue weighted by Gasteiger charge is 2.21. The van der Waals surface area contributed by atoms with Crippen LogP contribution in [0.15, 0.2) is 11.6 Å². The highest BCUT2D eigenvalue weighted by Crippen LogP contribution is 2.19. The maximum absolute atomic E-state index is 11.7. The molecule has 1 saturated heterocycles. The van der Waals surface area contributed by atoms with Crippen LogP contribution in [0.3, 0.4) is 0 Å². The van der Waals surface area contributed by atoms with E-state index in [1.54, 1.807) is 11.8 Å². The van der Waals surface area contributed by atoms with Crippen LogP contribution in [0, 0.1) is 0 Å². The van der Waals surface area contributed by atoms with Gasteiger partial charge in [-0.2, -0.15) is 0 Å². The Morgan fingerprint density at radius 2 is 2.50 bits per heavy atom. The summed E-state index contributed by atoms with van der Waals surface area (Å²) in [4.78, 5) is 11.7. The van der Waals surface area contributed by atoms with Crippen molar-refractivity contribution >= 4 is 17.7 Å². The molecule has 0 aromatic rings. The van der Waals surface area contributed by atoms with E-state index in [0.717, 1.165) is 24.6 Å². The quantitative estimate of drug-likeness (QED) is 0.734. The van der Waals surface area contributed by atoms with Crippen molar-refractivity contribution in [1.82, 2.24) is 10.6 Å². The Morgan fingerprint density at radius 3 is 3.19 bits per heavy atom. The Kier molecular flexibility index (Phi) is 4.72. The summed E-state index contributed by atoms with van der Waals surface area (Å²) in [5.41, 5.74) is 1.53. The van der Waals surface area contributed by atoms with Crippen molar-refractivity contribution in [3.05, 3.63) is 11.6 Å². The van der Waals surface area contributed by atoms with Gasteiger partial charge >= 0.3 is 0 Å². The van der Waals surface area contributed by atoms with E-state index in [0.29, 0.717) is 0 Å². The molecule has 1 heterocycles. The van der Waals surface area contributed by atoms with Crippen LogP contribution < -0.4 is 10.6 Å². The topological polar surface area (TPSA) is 41.1 Å². The molecule has 1 fully saturated rings. The summed E-state index contributed by atoms with van der Waals surface area (Å²) in [5.74, 6) is 1.99. The monoisotopic (exact) mass is 240 g/mol. The molecule has 4 heteroatoms. The van der Waals surface area contributed by atoms with Crippen molar-refractivity contribution in [2.75, 3.05) is 18.2 Å². The molecule has 2 rings (SSSR count). The van der Waals surface area contributed by atoms with Crippen LogP contribution >= 0.6 is 11.8 Å². The van der Waals surface area contributed by atoms with Crippen molar-refractivity contribution in [3.8, 4) is 0 Å². The number of rotatable bonds is 4. The largest absolute Gasteiger partial charge is 0.354 e.